The second-order valence-corrected chi connectivity index (χ2v) is 5.59. The van der Waals surface area contributed by atoms with Crippen LogP contribution in [0.1, 0.15) is 4.88 Å². The van der Waals surface area contributed by atoms with Crippen LogP contribution in [0.25, 0.3) is 0 Å². The number of hydrogen-bond donors (Lipinski definition) is 1. The summed E-state index contributed by atoms with van der Waals surface area (Å²) in [6.07, 6.45) is 0.290. The van der Waals surface area contributed by atoms with Gasteiger partial charge in [-0.2, -0.15) is 0 Å². The molecule has 0 fully saturated rings. The summed E-state index contributed by atoms with van der Waals surface area (Å²) >= 11 is 1.51. The number of carbonyl (C=O) groups is 2. The van der Waals surface area contributed by atoms with Crippen molar-refractivity contribution in [3.63, 3.8) is 0 Å². The smallest absolute Gasteiger partial charge is 0.243 e. The molecule has 0 bridgehead atoms. The monoisotopic (exact) mass is 306 g/mol. The summed E-state index contributed by atoms with van der Waals surface area (Å²) in [5, 5.41) is 4.52. The molecule has 0 radical (unpaired) electrons. The van der Waals surface area contributed by atoms with Crippen LogP contribution in [0.2, 0.25) is 0 Å². The fraction of sp³-hybridized carbons (Fsp3) is 0.200. The zero-order valence-corrected chi connectivity index (χ0v) is 12.3. The topological polar surface area (TPSA) is 49.4 Å². The lowest BCUT2D eigenvalue weighted by molar-refractivity contribution is -0.132. The summed E-state index contributed by atoms with van der Waals surface area (Å²) in [6, 6.07) is 9.24. The highest BCUT2D eigenvalue weighted by atomic mass is 32.1. The van der Waals surface area contributed by atoms with Crippen LogP contribution in [-0.2, 0) is 16.0 Å². The first-order valence-corrected chi connectivity index (χ1v) is 7.24. The summed E-state index contributed by atoms with van der Waals surface area (Å²) in [7, 11) is 1.58. The van der Waals surface area contributed by atoms with Gasteiger partial charge in [-0.05, 0) is 35.7 Å². The van der Waals surface area contributed by atoms with Crippen molar-refractivity contribution >= 4 is 28.8 Å². The second-order valence-electron chi connectivity index (χ2n) is 4.56. The minimum atomic E-state index is -0.365. The quantitative estimate of drug-likeness (QED) is 0.923. The normalized spacial score (nSPS) is 10.2. The Hall–Kier alpha value is -2.21. The SMILES string of the molecule is CN(CC(=O)Nc1ccc(F)cc1)C(=O)Cc1cccs1. The molecule has 0 saturated carbocycles. The van der Waals surface area contributed by atoms with Crippen LogP contribution in [0.4, 0.5) is 10.1 Å². The molecule has 1 heterocycles. The number of rotatable bonds is 5. The van der Waals surface area contributed by atoms with Crippen LogP contribution in [0.3, 0.4) is 0 Å². The van der Waals surface area contributed by atoms with Crippen molar-refractivity contribution in [2.45, 2.75) is 6.42 Å². The van der Waals surface area contributed by atoms with E-state index in [-0.39, 0.29) is 30.6 Å². The van der Waals surface area contributed by atoms with Gasteiger partial charge in [0.25, 0.3) is 0 Å². The van der Waals surface area contributed by atoms with Crippen LogP contribution < -0.4 is 5.32 Å². The minimum Gasteiger partial charge on any atom is -0.336 e. The van der Waals surface area contributed by atoms with Gasteiger partial charge < -0.3 is 10.2 Å². The lowest BCUT2D eigenvalue weighted by atomic mass is 10.3. The number of carbonyl (C=O) groups excluding carboxylic acids is 2. The van der Waals surface area contributed by atoms with E-state index in [1.54, 1.807) is 7.05 Å². The van der Waals surface area contributed by atoms with Crippen molar-refractivity contribution in [3.05, 3.63) is 52.5 Å². The molecule has 1 aromatic carbocycles. The van der Waals surface area contributed by atoms with Gasteiger partial charge in [0.2, 0.25) is 11.8 Å². The molecule has 0 aliphatic heterocycles. The lowest BCUT2D eigenvalue weighted by Gasteiger charge is -2.16. The molecule has 0 unspecified atom stereocenters. The van der Waals surface area contributed by atoms with E-state index in [0.29, 0.717) is 5.69 Å². The number of hydrogen-bond acceptors (Lipinski definition) is 3. The number of amides is 2. The summed E-state index contributed by atoms with van der Waals surface area (Å²) in [5.74, 6) is -0.799. The molecule has 2 rings (SSSR count). The number of thiophene rings is 1. The summed E-state index contributed by atoms with van der Waals surface area (Å²) < 4.78 is 12.8. The number of halogens is 1. The Morgan fingerprint density at radius 2 is 1.95 bits per heavy atom. The Labute approximate surface area is 126 Å². The fourth-order valence-corrected chi connectivity index (χ4v) is 2.43. The highest BCUT2D eigenvalue weighted by Gasteiger charge is 2.14. The molecule has 0 spiro atoms. The number of benzene rings is 1. The van der Waals surface area contributed by atoms with Crippen molar-refractivity contribution in [2.24, 2.45) is 0 Å². The first kappa shape index (κ1) is 15.2. The average Bonchev–Trinajstić information content (AvgIpc) is 2.94. The molecule has 21 heavy (non-hydrogen) atoms. The zero-order chi connectivity index (χ0) is 15.2. The van der Waals surface area contributed by atoms with E-state index in [0.717, 1.165) is 4.88 Å². The van der Waals surface area contributed by atoms with Crippen molar-refractivity contribution in [3.8, 4) is 0 Å². The van der Waals surface area contributed by atoms with E-state index in [4.69, 9.17) is 0 Å². The molecule has 0 aliphatic rings. The van der Waals surface area contributed by atoms with Crippen LogP contribution in [-0.4, -0.2) is 30.3 Å². The molecule has 6 heteroatoms. The third-order valence-electron chi connectivity index (χ3n) is 2.84. The molecule has 1 N–H and O–H groups in total. The zero-order valence-electron chi connectivity index (χ0n) is 11.5. The Morgan fingerprint density at radius 1 is 1.24 bits per heavy atom. The van der Waals surface area contributed by atoms with Crippen molar-refractivity contribution in [2.75, 3.05) is 18.9 Å². The van der Waals surface area contributed by atoms with Gasteiger partial charge in [-0.3, -0.25) is 9.59 Å². The first-order valence-electron chi connectivity index (χ1n) is 6.36. The maximum atomic E-state index is 12.8. The standard InChI is InChI=1S/C15H15FN2O2S/c1-18(15(20)9-13-3-2-8-21-13)10-14(19)17-12-6-4-11(16)5-7-12/h2-8H,9-10H2,1H3,(H,17,19). The number of likely N-dealkylation sites (N-methyl/N-ethyl adjacent to an activating group) is 1. The number of nitrogens with zero attached hydrogens (tertiary/aromatic N) is 1. The van der Waals surface area contributed by atoms with E-state index >= 15 is 0 Å². The van der Waals surface area contributed by atoms with Crippen LogP contribution >= 0.6 is 11.3 Å². The van der Waals surface area contributed by atoms with Gasteiger partial charge in [0, 0.05) is 17.6 Å². The molecule has 1 aromatic heterocycles. The van der Waals surface area contributed by atoms with Gasteiger partial charge in [-0.15, -0.1) is 11.3 Å². The largest absolute Gasteiger partial charge is 0.336 e. The Bertz CT molecular complexity index is 611. The van der Waals surface area contributed by atoms with E-state index in [9.17, 15) is 14.0 Å². The summed E-state index contributed by atoms with van der Waals surface area (Å²) in [4.78, 5) is 26.1. The predicted octanol–water partition coefficient (Wildman–Crippen LogP) is 2.53. The maximum absolute atomic E-state index is 12.8. The van der Waals surface area contributed by atoms with Gasteiger partial charge in [-0.25, -0.2) is 4.39 Å². The molecule has 0 atom stereocenters. The second kappa shape index (κ2) is 6.99. The maximum Gasteiger partial charge on any atom is 0.243 e. The van der Waals surface area contributed by atoms with Crippen molar-refractivity contribution in [1.82, 2.24) is 4.90 Å². The highest BCUT2D eigenvalue weighted by molar-refractivity contribution is 7.10. The number of anilines is 1. The van der Waals surface area contributed by atoms with Gasteiger partial charge in [0.1, 0.15) is 5.82 Å². The Kier molecular flexibility index (Phi) is 5.05. The van der Waals surface area contributed by atoms with Gasteiger partial charge in [0.15, 0.2) is 0 Å². The molecule has 0 saturated heterocycles. The van der Waals surface area contributed by atoms with Crippen molar-refractivity contribution < 1.29 is 14.0 Å². The van der Waals surface area contributed by atoms with E-state index in [1.807, 2.05) is 17.5 Å². The third-order valence-corrected chi connectivity index (χ3v) is 3.72. The fourth-order valence-electron chi connectivity index (χ4n) is 1.73. The van der Waals surface area contributed by atoms with Gasteiger partial charge in [0.05, 0.1) is 13.0 Å². The van der Waals surface area contributed by atoms with Crippen LogP contribution in [0, 0.1) is 5.82 Å². The third kappa shape index (κ3) is 4.68. The average molecular weight is 306 g/mol. The highest BCUT2D eigenvalue weighted by Crippen LogP contribution is 2.11. The number of nitrogens with one attached hydrogen (secondary N) is 1. The molecule has 110 valence electrons. The molecule has 2 amide bonds. The molecular formula is C15H15FN2O2S. The molecular weight excluding hydrogens is 291 g/mol. The van der Waals surface area contributed by atoms with Crippen molar-refractivity contribution in [1.29, 1.82) is 0 Å². The van der Waals surface area contributed by atoms with Gasteiger partial charge in [-0.1, -0.05) is 6.07 Å². The van der Waals surface area contributed by atoms with Crippen LogP contribution in [0.15, 0.2) is 41.8 Å². The van der Waals surface area contributed by atoms with E-state index in [2.05, 4.69) is 5.32 Å². The van der Waals surface area contributed by atoms with E-state index in [1.165, 1.54) is 40.5 Å². The predicted molar refractivity (Wildman–Crippen MR) is 80.7 cm³/mol. The first-order chi connectivity index (χ1) is 10.0. The van der Waals surface area contributed by atoms with Crippen LogP contribution in [0.5, 0.6) is 0 Å². The summed E-state index contributed by atoms with van der Waals surface area (Å²) in [5.41, 5.74) is 0.500. The molecule has 4 nitrogen and oxygen atoms in total. The minimum absolute atomic E-state index is 0.0401. The molecule has 2 aromatic rings. The summed E-state index contributed by atoms with van der Waals surface area (Å²) in [6.45, 7) is -0.0401. The Balaban J connectivity index is 1.84. The molecule has 0 aliphatic carbocycles. The van der Waals surface area contributed by atoms with Gasteiger partial charge >= 0.3 is 0 Å². The lowest BCUT2D eigenvalue weighted by Crippen LogP contribution is -2.35. The van der Waals surface area contributed by atoms with E-state index < -0.39 is 0 Å². The Morgan fingerprint density at radius 3 is 2.57 bits per heavy atom.